The topological polar surface area (TPSA) is 74.4 Å². The first-order valence-electron chi connectivity index (χ1n) is 11.7. The molecule has 33 heavy (non-hydrogen) atoms. The average molecular weight is 442 g/mol. The number of ether oxygens (including phenoxy) is 1. The van der Waals surface area contributed by atoms with Gasteiger partial charge in [-0.1, -0.05) is 60.7 Å². The van der Waals surface area contributed by atoms with E-state index in [1.54, 1.807) is 0 Å². The summed E-state index contributed by atoms with van der Waals surface area (Å²) in [5.41, 5.74) is 2.82. The van der Waals surface area contributed by atoms with Crippen molar-refractivity contribution in [2.45, 2.75) is 24.5 Å². The Morgan fingerprint density at radius 1 is 1.12 bits per heavy atom. The van der Waals surface area contributed by atoms with E-state index in [9.17, 15) is 9.59 Å². The lowest BCUT2D eigenvalue weighted by atomic mass is 9.77. The van der Waals surface area contributed by atoms with E-state index in [4.69, 9.17) is 4.74 Å². The molecule has 2 amide bonds. The molecule has 6 heteroatoms. The van der Waals surface area contributed by atoms with E-state index in [0.29, 0.717) is 19.6 Å². The smallest absolute Gasteiger partial charge is 0.230 e. The molecule has 3 aliphatic heterocycles. The van der Waals surface area contributed by atoms with E-state index < -0.39 is 17.4 Å². The first kappa shape index (κ1) is 20.2. The molecule has 2 N–H and O–H groups in total. The number of H-pyrrole nitrogens is 1. The summed E-state index contributed by atoms with van der Waals surface area (Å²) in [6.07, 6.45) is 7.19. The minimum absolute atomic E-state index is 0.0366. The number of nitrogens with one attached hydrogen (secondary N) is 2. The number of rotatable bonds is 7. The number of carbonyl (C=O) groups is 2. The summed E-state index contributed by atoms with van der Waals surface area (Å²) in [6.45, 7) is 1.69. The molecule has 6 rings (SSSR count). The molecule has 3 aliphatic rings. The molecular formula is C27H27N3O3. The molecule has 6 nitrogen and oxygen atoms in total. The maximum absolute atomic E-state index is 13.3. The quantitative estimate of drug-likeness (QED) is 0.554. The van der Waals surface area contributed by atoms with Crippen LogP contribution in [0.3, 0.4) is 0 Å². The van der Waals surface area contributed by atoms with Crippen molar-refractivity contribution in [1.29, 1.82) is 0 Å². The summed E-state index contributed by atoms with van der Waals surface area (Å²) >= 11 is 0. The van der Waals surface area contributed by atoms with Crippen molar-refractivity contribution in [3.8, 4) is 0 Å². The van der Waals surface area contributed by atoms with Gasteiger partial charge in [0.25, 0.3) is 0 Å². The van der Waals surface area contributed by atoms with Gasteiger partial charge in [-0.25, -0.2) is 0 Å². The molecule has 4 atom stereocenters. The van der Waals surface area contributed by atoms with Crippen LogP contribution >= 0.6 is 0 Å². The van der Waals surface area contributed by atoms with Gasteiger partial charge in [-0.15, -0.1) is 0 Å². The number of para-hydroxylation sites is 1. The summed E-state index contributed by atoms with van der Waals surface area (Å²) in [7, 11) is 0. The molecule has 2 saturated heterocycles. The molecule has 1 aromatic heterocycles. The van der Waals surface area contributed by atoms with Crippen LogP contribution in [0, 0.1) is 11.8 Å². The van der Waals surface area contributed by atoms with E-state index in [-0.39, 0.29) is 17.9 Å². The second-order valence-electron chi connectivity index (χ2n) is 9.30. The Labute approximate surface area is 192 Å². The van der Waals surface area contributed by atoms with Gasteiger partial charge in [0, 0.05) is 30.2 Å². The molecule has 2 aromatic carbocycles. The van der Waals surface area contributed by atoms with Gasteiger partial charge in [0.05, 0.1) is 24.5 Å². The number of hydrogen-bond donors (Lipinski definition) is 2. The minimum Gasteiger partial charge on any atom is -0.361 e. The lowest BCUT2D eigenvalue weighted by Gasteiger charge is -2.23. The van der Waals surface area contributed by atoms with E-state index in [1.165, 1.54) is 16.5 Å². The van der Waals surface area contributed by atoms with Crippen LogP contribution in [-0.4, -0.2) is 53.0 Å². The van der Waals surface area contributed by atoms with Crippen molar-refractivity contribution < 1.29 is 14.3 Å². The molecule has 0 aliphatic carbocycles. The third-order valence-corrected chi connectivity index (χ3v) is 7.36. The van der Waals surface area contributed by atoms with E-state index in [0.717, 1.165) is 18.4 Å². The van der Waals surface area contributed by atoms with Crippen LogP contribution in [-0.2, 0) is 27.2 Å². The number of amides is 2. The maximum Gasteiger partial charge on any atom is 0.230 e. The highest BCUT2D eigenvalue weighted by Crippen LogP contribution is 2.51. The summed E-state index contributed by atoms with van der Waals surface area (Å²) in [4.78, 5) is 31.7. The monoisotopic (exact) mass is 441 g/mol. The Morgan fingerprint density at radius 2 is 1.94 bits per heavy atom. The Hall–Kier alpha value is -3.38. The van der Waals surface area contributed by atoms with Gasteiger partial charge in [-0.2, -0.15) is 0 Å². The second-order valence-corrected chi connectivity index (χ2v) is 9.30. The molecule has 3 aromatic rings. The fourth-order valence-electron chi connectivity index (χ4n) is 5.75. The van der Waals surface area contributed by atoms with Crippen LogP contribution in [0.15, 0.2) is 72.9 Å². The number of aromatic amines is 1. The second kappa shape index (κ2) is 7.89. The molecule has 2 bridgehead atoms. The molecule has 0 unspecified atom stereocenters. The van der Waals surface area contributed by atoms with Crippen LogP contribution in [0.2, 0.25) is 0 Å². The highest BCUT2D eigenvalue weighted by Gasteiger charge is 2.66. The molecule has 2 fully saturated rings. The summed E-state index contributed by atoms with van der Waals surface area (Å²) in [5.74, 6) is -0.951. The van der Waals surface area contributed by atoms with Crippen LogP contribution in [0.5, 0.6) is 0 Å². The van der Waals surface area contributed by atoms with Crippen molar-refractivity contribution in [2.24, 2.45) is 11.8 Å². The molecule has 0 radical (unpaired) electrons. The number of benzene rings is 2. The minimum atomic E-state index is -0.655. The van der Waals surface area contributed by atoms with Crippen molar-refractivity contribution in [1.82, 2.24) is 15.2 Å². The van der Waals surface area contributed by atoms with Crippen molar-refractivity contribution in [2.75, 3.05) is 19.6 Å². The predicted octanol–water partition coefficient (Wildman–Crippen LogP) is 2.85. The average Bonchev–Trinajstić information content (AvgIpc) is 3.58. The van der Waals surface area contributed by atoms with E-state index in [2.05, 4.69) is 28.5 Å². The van der Waals surface area contributed by atoms with Gasteiger partial charge in [0.2, 0.25) is 11.8 Å². The lowest BCUT2D eigenvalue weighted by molar-refractivity contribution is -0.137. The molecule has 1 spiro atoms. The number of carbonyl (C=O) groups excluding carboxylic acids is 2. The fourth-order valence-corrected chi connectivity index (χ4v) is 5.75. The number of likely N-dealkylation sites (tertiary alicyclic amines) is 1. The zero-order valence-corrected chi connectivity index (χ0v) is 18.4. The number of nitrogens with zero attached hydrogens (tertiary/aromatic N) is 1. The summed E-state index contributed by atoms with van der Waals surface area (Å²) < 4.78 is 6.24. The maximum atomic E-state index is 13.3. The number of hydrogen-bond acceptors (Lipinski definition) is 3. The van der Waals surface area contributed by atoms with Gasteiger partial charge < -0.3 is 19.9 Å². The molecule has 0 saturated carbocycles. The van der Waals surface area contributed by atoms with Gasteiger partial charge in [0.1, 0.15) is 5.60 Å². The first-order chi connectivity index (χ1) is 16.1. The number of aromatic nitrogens is 1. The van der Waals surface area contributed by atoms with E-state index >= 15 is 0 Å². The number of fused-ring (bicyclic) bond motifs is 2. The van der Waals surface area contributed by atoms with Crippen molar-refractivity contribution >= 4 is 22.7 Å². The zero-order valence-electron chi connectivity index (χ0n) is 18.4. The standard InChI is InChI=1S/C27H27N3O3/c31-25(28-14-11-19-16-29-21-9-5-4-8-20(19)21)23-22-10-13-27(33-22)17-30(26(32)24(23)27)15-12-18-6-2-1-3-7-18/h1-10,13,16,22-24,29H,11-12,14-15,17H2,(H,28,31)/t22-,23+,24+,27-/m0/s1. The largest absolute Gasteiger partial charge is 0.361 e. The highest BCUT2D eigenvalue weighted by atomic mass is 16.5. The Balaban J connectivity index is 1.11. The Kier molecular flexibility index (Phi) is 4.84. The zero-order chi connectivity index (χ0) is 22.4. The van der Waals surface area contributed by atoms with Gasteiger partial charge in [0.15, 0.2) is 0 Å². The Bertz CT molecular complexity index is 1230. The lowest BCUT2D eigenvalue weighted by Crippen LogP contribution is -2.44. The van der Waals surface area contributed by atoms with Gasteiger partial charge >= 0.3 is 0 Å². The Morgan fingerprint density at radius 3 is 2.82 bits per heavy atom. The van der Waals surface area contributed by atoms with Crippen LogP contribution < -0.4 is 5.32 Å². The SMILES string of the molecule is O=C(NCCc1c[nH]c2ccccc12)[C@@H]1[C@@H]2C=C[C@@]3(CN(CCc4ccccc4)C(=O)[C@@H]13)O2. The molecule has 168 valence electrons. The first-order valence-corrected chi connectivity index (χ1v) is 11.7. The van der Waals surface area contributed by atoms with Crippen molar-refractivity contribution in [3.63, 3.8) is 0 Å². The summed E-state index contributed by atoms with van der Waals surface area (Å²) in [5, 5.41) is 4.26. The highest BCUT2D eigenvalue weighted by molar-refractivity contribution is 5.93. The van der Waals surface area contributed by atoms with Crippen LogP contribution in [0.4, 0.5) is 0 Å². The molecule has 4 heterocycles. The van der Waals surface area contributed by atoms with Gasteiger partial charge in [-0.05, 0) is 30.0 Å². The van der Waals surface area contributed by atoms with Gasteiger partial charge in [-0.3, -0.25) is 9.59 Å². The third kappa shape index (κ3) is 3.37. The predicted molar refractivity (Wildman–Crippen MR) is 125 cm³/mol. The van der Waals surface area contributed by atoms with E-state index in [1.807, 2.05) is 59.6 Å². The molecular weight excluding hydrogens is 414 g/mol. The third-order valence-electron chi connectivity index (χ3n) is 7.36. The fraction of sp³-hybridized carbons (Fsp3) is 0.333. The van der Waals surface area contributed by atoms with Crippen LogP contribution in [0.25, 0.3) is 10.9 Å². The van der Waals surface area contributed by atoms with Crippen LogP contribution in [0.1, 0.15) is 11.1 Å². The normalized spacial score (nSPS) is 27.5. The summed E-state index contributed by atoms with van der Waals surface area (Å²) in [6, 6.07) is 18.3. The van der Waals surface area contributed by atoms with Crippen molar-refractivity contribution in [3.05, 3.63) is 84.1 Å².